The van der Waals surface area contributed by atoms with Gasteiger partial charge >= 0.3 is 5.97 Å². The lowest BCUT2D eigenvalue weighted by atomic mass is 10.2. The fourth-order valence-electron chi connectivity index (χ4n) is 1.23. The largest absolute Gasteiger partial charge is 0.465 e. The molecule has 1 aromatic carbocycles. The van der Waals surface area contributed by atoms with E-state index in [0.717, 1.165) is 0 Å². The second-order valence-corrected chi connectivity index (χ2v) is 5.60. The molecule has 18 heavy (non-hydrogen) atoms. The highest BCUT2D eigenvalue weighted by atomic mass is 35.5. The van der Waals surface area contributed by atoms with E-state index in [2.05, 4.69) is 16.0 Å². The molecule has 0 aliphatic rings. The standard InChI is InChI=1S/C11H12ClNO4S/c1-8(12)7-13-18(15,16)10-6-4-3-5-9(10)11(14)17-2/h3-6,13H,1,7H2,2H3. The van der Waals surface area contributed by atoms with Crippen molar-refractivity contribution >= 4 is 27.6 Å². The summed E-state index contributed by atoms with van der Waals surface area (Å²) in [6.07, 6.45) is 0. The lowest BCUT2D eigenvalue weighted by Gasteiger charge is -2.09. The van der Waals surface area contributed by atoms with E-state index in [1.807, 2.05) is 0 Å². The van der Waals surface area contributed by atoms with Crippen LogP contribution in [-0.2, 0) is 14.8 Å². The Kier molecular flexibility index (Phi) is 4.89. The van der Waals surface area contributed by atoms with Gasteiger partial charge in [-0.3, -0.25) is 0 Å². The van der Waals surface area contributed by atoms with Gasteiger partial charge in [0.25, 0.3) is 0 Å². The molecule has 0 bridgehead atoms. The van der Waals surface area contributed by atoms with Gasteiger partial charge in [0.2, 0.25) is 10.0 Å². The second kappa shape index (κ2) is 5.99. The third kappa shape index (κ3) is 3.56. The molecule has 0 spiro atoms. The van der Waals surface area contributed by atoms with Crippen LogP contribution in [0.5, 0.6) is 0 Å². The van der Waals surface area contributed by atoms with E-state index < -0.39 is 16.0 Å². The van der Waals surface area contributed by atoms with Crippen molar-refractivity contribution < 1.29 is 17.9 Å². The molecule has 0 amide bonds. The predicted octanol–water partition coefficient (Wildman–Crippen LogP) is 1.50. The van der Waals surface area contributed by atoms with Crippen molar-refractivity contribution in [3.05, 3.63) is 41.4 Å². The normalized spacial score (nSPS) is 11.0. The fourth-order valence-corrected chi connectivity index (χ4v) is 2.60. The van der Waals surface area contributed by atoms with E-state index >= 15 is 0 Å². The van der Waals surface area contributed by atoms with Crippen molar-refractivity contribution in [2.45, 2.75) is 4.90 Å². The molecule has 0 saturated heterocycles. The number of carbonyl (C=O) groups is 1. The number of ether oxygens (including phenoxy) is 1. The molecular weight excluding hydrogens is 278 g/mol. The number of halogens is 1. The first-order valence-corrected chi connectivity index (χ1v) is 6.75. The highest BCUT2D eigenvalue weighted by Gasteiger charge is 2.22. The summed E-state index contributed by atoms with van der Waals surface area (Å²) >= 11 is 5.49. The molecule has 1 N–H and O–H groups in total. The van der Waals surface area contributed by atoms with Crippen molar-refractivity contribution in [2.24, 2.45) is 0 Å². The molecule has 0 atom stereocenters. The molecule has 1 rings (SSSR count). The van der Waals surface area contributed by atoms with Crippen LogP contribution >= 0.6 is 11.6 Å². The van der Waals surface area contributed by atoms with Gasteiger partial charge in [0.15, 0.2) is 0 Å². The SMILES string of the molecule is C=C(Cl)CNS(=O)(=O)c1ccccc1C(=O)OC. The van der Waals surface area contributed by atoms with Gasteiger partial charge < -0.3 is 4.74 Å². The Bertz CT molecular complexity index is 568. The van der Waals surface area contributed by atoms with E-state index in [-0.39, 0.29) is 22.0 Å². The zero-order valence-corrected chi connectivity index (χ0v) is 11.2. The lowest BCUT2D eigenvalue weighted by molar-refractivity contribution is 0.0596. The fraction of sp³-hybridized carbons (Fsp3) is 0.182. The van der Waals surface area contributed by atoms with Crippen molar-refractivity contribution in [1.29, 1.82) is 0 Å². The molecule has 7 heteroatoms. The number of hydrogen-bond donors (Lipinski definition) is 1. The molecule has 0 aromatic heterocycles. The summed E-state index contributed by atoms with van der Waals surface area (Å²) < 4.78 is 30.7. The number of sulfonamides is 1. The molecule has 0 saturated carbocycles. The first-order valence-electron chi connectivity index (χ1n) is 4.89. The highest BCUT2D eigenvalue weighted by molar-refractivity contribution is 7.89. The van der Waals surface area contributed by atoms with Crippen LogP contribution in [-0.4, -0.2) is 28.0 Å². The number of methoxy groups -OCH3 is 1. The van der Waals surface area contributed by atoms with E-state index in [1.54, 1.807) is 6.07 Å². The van der Waals surface area contributed by atoms with Gasteiger partial charge in [-0.05, 0) is 12.1 Å². The highest BCUT2D eigenvalue weighted by Crippen LogP contribution is 2.16. The molecule has 0 aliphatic heterocycles. The van der Waals surface area contributed by atoms with Crippen molar-refractivity contribution in [1.82, 2.24) is 4.72 Å². The maximum atomic E-state index is 12.0. The van der Waals surface area contributed by atoms with Gasteiger partial charge in [-0.1, -0.05) is 30.3 Å². The Balaban J connectivity index is 3.16. The third-order valence-corrected chi connectivity index (χ3v) is 3.63. The Morgan fingerprint density at radius 1 is 1.44 bits per heavy atom. The molecule has 1 aromatic rings. The molecule has 0 aliphatic carbocycles. The molecular formula is C11H12ClNO4S. The van der Waals surface area contributed by atoms with E-state index in [9.17, 15) is 13.2 Å². The summed E-state index contributed by atoms with van der Waals surface area (Å²) in [5, 5.41) is 0.147. The van der Waals surface area contributed by atoms with Crippen LogP contribution in [0.2, 0.25) is 0 Å². The summed E-state index contributed by atoms with van der Waals surface area (Å²) in [4.78, 5) is 11.3. The summed E-state index contributed by atoms with van der Waals surface area (Å²) in [7, 11) is -2.66. The summed E-state index contributed by atoms with van der Waals surface area (Å²) in [6, 6.07) is 5.74. The number of benzene rings is 1. The zero-order valence-electron chi connectivity index (χ0n) is 9.64. The number of esters is 1. The van der Waals surface area contributed by atoms with E-state index in [4.69, 9.17) is 11.6 Å². The topological polar surface area (TPSA) is 72.5 Å². The summed E-state index contributed by atoms with van der Waals surface area (Å²) in [6.45, 7) is 3.26. The van der Waals surface area contributed by atoms with Crippen LogP contribution in [0.1, 0.15) is 10.4 Å². The first kappa shape index (κ1) is 14.7. The van der Waals surface area contributed by atoms with Gasteiger partial charge in [0, 0.05) is 11.6 Å². The van der Waals surface area contributed by atoms with Crippen LogP contribution < -0.4 is 4.72 Å². The molecule has 0 fully saturated rings. The first-order chi connectivity index (χ1) is 8.38. The van der Waals surface area contributed by atoms with Crippen LogP contribution in [0.4, 0.5) is 0 Å². The van der Waals surface area contributed by atoms with Crippen LogP contribution in [0, 0.1) is 0 Å². The number of hydrogen-bond acceptors (Lipinski definition) is 4. The molecule has 0 unspecified atom stereocenters. The summed E-state index contributed by atoms with van der Waals surface area (Å²) in [5.41, 5.74) is -0.0346. The average Bonchev–Trinajstić information content (AvgIpc) is 2.35. The quantitative estimate of drug-likeness (QED) is 0.834. The molecule has 0 radical (unpaired) electrons. The van der Waals surface area contributed by atoms with Gasteiger partial charge in [-0.15, -0.1) is 0 Å². The van der Waals surface area contributed by atoms with E-state index in [1.165, 1.54) is 25.3 Å². The van der Waals surface area contributed by atoms with Crippen LogP contribution in [0.15, 0.2) is 40.8 Å². The van der Waals surface area contributed by atoms with Gasteiger partial charge in [0.1, 0.15) is 0 Å². The third-order valence-electron chi connectivity index (χ3n) is 2.04. The second-order valence-electron chi connectivity index (χ2n) is 3.33. The van der Waals surface area contributed by atoms with Gasteiger partial charge in [0.05, 0.1) is 17.6 Å². The maximum Gasteiger partial charge on any atom is 0.339 e. The molecule has 98 valence electrons. The van der Waals surface area contributed by atoms with Crippen molar-refractivity contribution in [3.63, 3.8) is 0 Å². The minimum absolute atomic E-state index is 0.0346. The van der Waals surface area contributed by atoms with Crippen molar-refractivity contribution in [2.75, 3.05) is 13.7 Å². The number of rotatable bonds is 5. The monoisotopic (exact) mass is 289 g/mol. The minimum atomic E-state index is -3.84. The molecule has 0 heterocycles. The number of nitrogens with one attached hydrogen (secondary N) is 1. The van der Waals surface area contributed by atoms with Crippen LogP contribution in [0.25, 0.3) is 0 Å². The van der Waals surface area contributed by atoms with E-state index in [0.29, 0.717) is 0 Å². The Labute approximate surface area is 110 Å². The predicted molar refractivity (Wildman–Crippen MR) is 68.0 cm³/mol. The Morgan fingerprint density at radius 3 is 2.61 bits per heavy atom. The lowest BCUT2D eigenvalue weighted by Crippen LogP contribution is -2.26. The van der Waals surface area contributed by atoms with Crippen molar-refractivity contribution in [3.8, 4) is 0 Å². The van der Waals surface area contributed by atoms with Crippen LogP contribution in [0.3, 0.4) is 0 Å². The maximum absolute atomic E-state index is 12.0. The average molecular weight is 290 g/mol. The minimum Gasteiger partial charge on any atom is -0.465 e. The number of carbonyl (C=O) groups excluding carboxylic acids is 1. The summed E-state index contributed by atoms with van der Waals surface area (Å²) in [5.74, 6) is -0.722. The Hall–Kier alpha value is -1.37. The molecule has 5 nitrogen and oxygen atoms in total. The van der Waals surface area contributed by atoms with Gasteiger partial charge in [-0.2, -0.15) is 0 Å². The zero-order chi connectivity index (χ0) is 13.8. The Morgan fingerprint density at radius 2 is 2.06 bits per heavy atom. The van der Waals surface area contributed by atoms with Gasteiger partial charge in [-0.25, -0.2) is 17.9 Å². The smallest absolute Gasteiger partial charge is 0.339 e.